The van der Waals surface area contributed by atoms with E-state index >= 15 is 0 Å². The van der Waals surface area contributed by atoms with Crippen LogP contribution < -0.4 is 5.32 Å². The normalized spacial score (nSPS) is 12.6. The highest BCUT2D eigenvalue weighted by atomic mass is 16.3. The van der Waals surface area contributed by atoms with E-state index in [-0.39, 0.29) is 12.5 Å². The van der Waals surface area contributed by atoms with Crippen molar-refractivity contribution in [2.24, 2.45) is 7.05 Å². The van der Waals surface area contributed by atoms with Crippen LogP contribution in [-0.2, 0) is 7.05 Å². The summed E-state index contributed by atoms with van der Waals surface area (Å²) in [5, 5.41) is 15.6. The van der Waals surface area contributed by atoms with Gasteiger partial charge in [0.15, 0.2) is 0 Å². The van der Waals surface area contributed by atoms with Gasteiger partial charge in [0.05, 0.1) is 6.10 Å². The fraction of sp³-hybridized carbons (Fsp3) is 0.556. The second-order valence-corrected chi connectivity index (χ2v) is 3.35. The van der Waals surface area contributed by atoms with E-state index in [0.29, 0.717) is 5.69 Å². The summed E-state index contributed by atoms with van der Waals surface area (Å²) in [7, 11) is 1.78. The first kappa shape index (κ1) is 10.7. The third-order valence-electron chi connectivity index (χ3n) is 1.90. The van der Waals surface area contributed by atoms with Gasteiger partial charge in [-0.25, -0.2) is 0 Å². The van der Waals surface area contributed by atoms with Crippen molar-refractivity contribution >= 4 is 5.91 Å². The molecule has 1 amide bonds. The second kappa shape index (κ2) is 4.23. The Balaban J connectivity index is 2.61. The number of aryl methyl sites for hydroxylation is 2. The molecule has 5 nitrogen and oxygen atoms in total. The van der Waals surface area contributed by atoms with E-state index in [0.717, 1.165) is 5.69 Å². The maximum absolute atomic E-state index is 11.4. The number of aliphatic hydroxyl groups is 1. The average Bonchev–Trinajstić information content (AvgIpc) is 2.43. The summed E-state index contributed by atoms with van der Waals surface area (Å²) < 4.78 is 1.64. The van der Waals surface area contributed by atoms with Crippen molar-refractivity contribution in [2.75, 3.05) is 6.54 Å². The predicted molar refractivity (Wildman–Crippen MR) is 52.0 cm³/mol. The van der Waals surface area contributed by atoms with Gasteiger partial charge in [0, 0.05) is 19.3 Å². The molecule has 0 saturated heterocycles. The number of nitrogens with zero attached hydrogens (tertiary/aromatic N) is 2. The third-order valence-corrected chi connectivity index (χ3v) is 1.90. The first-order chi connectivity index (χ1) is 6.50. The molecule has 0 radical (unpaired) electrons. The fourth-order valence-corrected chi connectivity index (χ4v) is 1.00. The Morgan fingerprint density at radius 1 is 1.79 bits per heavy atom. The second-order valence-electron chi connectivity index (χ2n) is 3.35. The molecule has 0 aliphatic rings. The zero-order valence-corrected chi connectivity index (χ0v) is 8.61. The topological polar surface area (TPSA) is 67.2 Å². The van der Waals surface area contributed by atoms with Crippen molar-refractivity contribution < 1.29 is 9.90 Å². The Hall–Kier alpha value is -1.36. The molecule has 1 aromatic heterocycles. The van der Waals surface area contributed by atoms with Gasteiger partial charge in [-0.3, -0.25) is 9.48 Å². The van der Waals surface area contributed by atoms with Crippen LogP contribution in [0.3, 0.4) is 0 Å². The summed E-state index contributed by atoms with van der Waals surface area (Å²) in [5.41, 5.74) is 1.30. The van der Waals surface area contributed by atoms with E-state index < -0.39 is 6.10 Å². The van der Waals surface area contributed by atoms with Gasteiger partial charge in [0.1, 0.15) is 5.69 Å². The molecule has 0 aromatic carbocycles. The average molecular weight is 197 g/mol. The highest BCUT2D eigenvalue weighted by Gasteiger charge is 2.10. The Bertz CT molecular complexity index is 311. The molecular weight excluding hydrogens is 182 g/mol. The highest BCUT2D eigenvalue weighted by Crippen LogP contribution is 2.00. The first-order valence-electron chi connectivity index (χ1n) is 4.47. The number of carbonyl (C=O) groups is 1. The van der Waals surface area contributed by atoms with Crippen LogP contribution in [0.2, 0.25) is 0 Å². The molecule has 0 unspecified atom stereocenters. The maximum atomic E-state index is 11.4. The molecule has 0 aliphatic heterocycles. The Labute approximate surface area is 82.7 Å². The standard InChI is InChI=1S/C9H15N3O2/c1-6-4-8(11-12(6)3)9(14)10-5-7(2)13/h4,7,13H,5H2,1-3H3,(H,10,14)/t7-/m1/s1. The van der Waals surface area contributed by atoms with Crippen LogP contribution in [0, 0.1) is 6.92 Å². The van der Waals surface area contributed by atoms with Crippen LogP contribution in [0.4, 0.5) is 0 Å². The SMILES string of the molecule is Cc1cc(C(=O)NC[C@@H](C)O)nn1C. The van der Waals surface area contributed by atoms with Gasteiger partial charge in [-0.2, -0.15) is 5.10 Å². The number of nitrogens with one attached hydrogen (secondary N) is 1. The molecule has 0 aliphatic carbocycles. The van der Waals surface area contributed by atoms with E-state index in [1.165, 1.54) is 0 Å². The quantitative estimate of drug-likeness (QED) is 0.707. The molecule has 1 heterocycles. The predicted octanol–water partition coefficient (Wildman–Crippen LogP) is -0.161. The number of aliphatic hydroxyl groups excluding tert-OH is 1. The molecule has 1 atom stereocenters. The van der Waals surface area contributed by atoms with Crippen LogP contribution in [0.15, 0.2) is 6.07 Å². The summed E-state index contributed by atoms with van der Waals surface area (Å²) in [6.45, 7) is 3.73. The molecule has 5 heteroatoms. The Morgan fingerprint density at radius 3 is 2.86 bits per heavy atom. The molecule has 2 N–H and O–H groups in total. The molecule has 0 fully saturated rings. The summed E-state index contributed by atoms with van der Waals surface area (Å²) in [5.74, 6) is -0.255. The lowest BCUT2D eigenvalue weighted by molar-refractivity contribution is 0.0918. The third kappa shape index (κ3) is 2.56. The van der Waals surface area contributed by atoms with Crippen LogP contribution >= 0.6 is 0 Å². The fourth-order valence-electron chi connectivity index (χ4n) is 1.00. The van der Waals surface area contributed by atoms with E-state index in [9.17, 15) is 4.79 Å². The monoisotopic (exact) mass is 197 g/mol. The summed E-state index contributed by atoms with van der Waals surface area (Å²) in [6.07, 6.45) is -0.538. The molecular formula is C9H15N3O2. The molecule has 0 bridgehead atoms. The number of aromatic nitrogens is 2. The molecule has 0 spiro atoms. The lowest BCUT2D eigenvalue weighted by Gasteiger charge is -2.04. The van der Waals surface area contributed by atoms with E-state index in [2.05, 4.69) is 10.4 Å². The molecule has 0 saturated carbocycles. The number of rotatable bonds is 3. The van der Waals surface area contributed by atoms with Gasteiger partial charge >= 0.3 is 0 Å². The first-order valence-corrected chi connectivity index (χ1v) is 4.47. The zero-order chi connectivity index (χ0) is 10.7. The van der Waals surface area contributed by atoms with Crippen molar-refractivity contribution in [3.8, 4) is 0 Å². The molecule has 1 aromatic rings. The van der Waals surface area contributed by atoms with Crippen molar-refractivity contribution in [2.45, 2.75) is 20.0 Å². The maximum Gasteiger partial charge on any atom is 0.271 e. The van der Waals surface area contributed by atoms with E-state index in [1.807, 2.05) is 6.92 Å². The minimum Gasteiger partial charge on any atom is -0.392 e. The molecule has 78 valence electrons. The zero-order valence-electron chi connectivity index (χ0n) is 8.61. The van der Waals surface area contributed by atoms with Crippen LogP contribution in [0.1, 0.15) is 23.1 Å². The molecule has 1 rings (SSSR count). The number of hydrogen-bond acceptors (Lipinski definition) is 3. The smallest absolute Gasteiger partial charge is 0.271 e. The van der Waals surface area contributed by atoms with Crippen molar-refractivity contribution in [3.63, 3.8) is 0 Å². The number of amides is 1. The summed E-state index contributed by atoms with van der Waals surface area (Å²) >= 11 is 0. The van der Waals surface area contributed by atoms with Gasteiger partial charge < -0.3 is 10.4 Å². The van der Waals surface area contributed by atoms with E-state index in [4.69, 9.17) is 5.11 Å². The largest absolute Gasteiger partial charge is 0.392 e. The molecule has 14 heavy (non-hydrogen) atoms. The summed E-state index contributed by atoms with van der Waals surface area (Å²) in [6, 6.07) is 1.71. The Kier molecular flexibility index (Phi) is 3.24. The lowest BCUT2D eigenvalue weighted by atomic mass is 10.3. The van der Waals surface area contributed by atoms with Gasteiger partial charge in [-0.1, -0.05) is 0 Å². The minimum atomic E-state index is -0.538. The number of hydrogen-bond donors (Lipinski definition) is 2. The van der Waals surface area contributed by atoms with E-state index in [1.54, 1.807) is 24.7 Å². The summed E-state index contributed by atoms with van der Waals surface area (Å²) in [4.78, 5) is 11.4. The van der Waals surface area contributed by atoms with Crippen LogP contribution in [-0.4, -0.2) is 33.4 Å². The minimum absolute atomic E-state index is 0.244. The van der Waals surface area contributed by atoms with Crippen LogP contribution in [0.25, 0.3) is 0 Å². The van der Waals surface area contributed by atoms with Gasteiger partial charge in [0.25, 0.3) is 5.91 Å². The lowest BCUT2D eigenvalue weighted by Crippen LogP contribution is -2.30. The van der Waals surface area contributed by atoms with Crippen molar-refractivity contribution in [1.29, 1.82) is 0 Å². The van der Waals surface area contributed by atoms with Gasteiger partial charge in [-0.15, -0.1) is 0 Å². The van der Waals surface area contributed by atoms with Gasteiger partial charge in [0.2, 0.25) is 0 Å². The van der Waals surface area contributed by atoms with Crippen molar-refractivity contribution in [1.82, 2.24) is 15.1 Å². The Morgan fingerprint density at radius 2 is 2.43 bits per heavy atom. The van der Waals surface area contributed by atoms with Crippen molar-refractivity contribution in [3.05, 3.63) is 17.5 Å². The van der Waals surface area contributed by atoms with Gasteiger partial charge in [-0.05, 0) is 19.9 Å². The highest BCUT2D eigenvalue weighted by molar-refractivity contribution is 5.92. The van der Waals surface area contributed by atoms with Crippen LogP contribution in [0.5, 0.6) is 0 Å². The number of carbonyl (C=O) groups excluding carboxylic acids is 1.